The summed E-state index contributed by atoms with van der Waals surface area (Å²) in [4.78, 5) is 12.6. The first-order valence-corrected chi connectivity index (χ1v) is 10.6. The van der Waals surface area contributed by atoms with E-state index in [1.54, 1.807) is 24.3 Å². The van der Waals surface area contributed by atoms with Gasteiger partial charge in [-0.3, -0.25) is 9.52 Å². The lowest BCUT2D eigenvalue weighted by molar-refractivity contribution is 0.0928. The maximum Gasteiger partial charge on any atom is 0.261 e. The van der Waals surface area contributed by atoms with E-state index in [-0.39, 0.29) is 22.8 Å². The zero-order chi connectivity index (χ0) is 19.4. The number of amides is 1. The maximum atomic E-state index is 12.6. The Kier molecular flexibility index (Phi) is 5.82. The summed E-state index contributed by atoms with van der Waals surface area (Å²) in [5.74, 6) is 0.0109. The van der Waals surface area contributed by atoms with Gasteiger partial charge in [0.05, 0.1) is 4.90 Å². The Morgan fingerprint density at radius 1 is 1.15 bits per heavy atom. The second-order valence-electron chi connectivity index (χ2n) is 7.01. The number of carbonyl (C=O) groups is 1. The SMILES string of the molecule is Cc1ccc(NS(=O)(=O)c2cccc(C(=O)NC3CCCC3CN)c2)cc1. The number of sulfonamides is 1. The lowest BCUT2D eigenvalue weighted by Crippen LogP contribution is -2.39. The van der Waals surface area contributed by atoms with Crippen LogP contribution in [0.2, 0.25) is 0 Å². The molecule has 1 aliphatic carbocycles. The van der Waals surface area contributed by atoms with Crippen molar-refractivity contribution in [2.75, 3.05) is 11.3 Å². The smallest absolute Gasteiger partial charge is 0.261 e. The second-order valence-corrected chi connectivity index (χ2v) is 8.69. The van der Waals surface area contributed by atoms with E-state index < -0.39 is 10.0 Å². The zero-order valence-corrected chi connectivity index (χ0v) is 16.1. The summed E-state index contributed by atoms with van der Waals surface area (Å²) >= 11 is 0. The zero-order valence-electron chi connectivity index (χ0n) is 15.3. The van der Waals surface area contributed by atoms with Crippen LogP contribution in [0.4, 0.5) is 5.69 Å². The molecule has 0 radical (unpaired) electrons. The summed E-state index contributed by atoms with van der Waals surface area (Å²) in [6.07, 6.45) is 2.96. The molecule has 2 aromatic rings. The van der Waals surface area contributed by atoms with Crippen LogP contribution in [0.5, 0.6) is 0 Å². The molecule has 0 aliphatic heterocycles. The molecule has 1 aliphatic rings. The van der Waals surface area contributed by atoms with E-state index in [9.17, 15) is 13.2 Å². The largest absolute Gasteiger partial charge is 0.349 e. The van der Waals surface area contributed by atoms with Crippen molar-refractivity contribution in [3.8, 4) is 0 Å². The normalized spacial score (nSPS) is 19.6. The van der Waals surface area contributed by atoms with Gasteiger partial charge in [0.2, 0.25) is 0 Å². The Morgan fingerprint density at radius 2 is 1.89 bits per heavy atom. The van der Waals surface area contributed by atoms with E-state index in [0.717, 1.165) is 24.8 Å². The lowest BCUT2D eigenvalue weighted by atomic mass is 10.0. The van der Waals surface area contributed by atoms with Crippen molar-refractivity contribution in [3.63, 3.8) is 0 Å². The minimum atomic E-state index is -3.77. The van der Waals surface area contributed by atoms with Crippen molar-refractivity contribution in [2.24, 2.45) is 11.7 Å². The number of nitrogens with one attached hydrogen (secondary N) is 2. The molecule has 1 amide bonds. The Bertz CT molecular complexity index is 910. The predicted molar refractivity (Wildman–Crippen MR) is 106 cm³/mol. The van der Waals surface area contributed by atoms with Gasteiger partial charge in [0.1, 0.15) is 0 Å². The summed E-state index contributed by atoms with van der Waals surface area (Å²) in [5, 5.41) is 3.00. The molecule has 4 N–H and O–H groups in total. The van der Waals surface area contributed by atoms with Gasteiger partial charge in [-0.05, 0) is 62.6 Å². The van der Waals surface area contributed by atoms with Crippen LogP contribution in [0.3, 0.4) is 0 Å². The average molecular weight is 388 g/mol. The highest BCUT2D eigenvalue weighted by atomic mass is 32.2. The molecular weight excluding hydrogens is 362 g/mol. The Morgan fingerprint density at radius 3 is 2.59 bits per heavy atom. The molecule has 0 heterocycles. The average Bonchev–Trinajstić information content (AvgIpc) is 3.10. The summed E-state index contributed by atoms with van der Waals surface area (Å²) in [7, 11) is -3.77. The highest BCUT2D eigenvalue weighted by Crippen LogP contribution is 2.25. The predicted octanol–water partition coefficient (Wildman–Crippen LogP) is 2.65. The van der Waals surface area contributed by atoms with Crippen LogP contribution in [0.1, 0.15) is 35.2 Å². The van der Waals surface area contributed by atoms with Gasteiger partial charge in [-0.15, -0.1) is 0 Å². The highest BCUT2D eigenvalue weighted by molar-refractivity contribution is 7.92. The van der Waals surface area contributed by atoms with Crippen molar-refractivity contribution in [2.45, 2.75) is 37.1 Å². The molecular formula is C20H25N3O3S. The van der Waals surface area contributed by atoms with Crippen LogP contribution >= 0.6 is 0 Å². The molecule has 2 unspecified atom stereocenters. The van der Waals surface area contributed by atoms with Crippen molar-refractivity contribution >= 4 is 21.6 Å². The summed E-state index contributed by atoms with van der Waals surface area (Å²) in [6, 6.07) is 13.2. The maximum absolute atomic E-state index is 12.6. The molecule has 27 heavy (non-hydrogen) atoms. The molecule has 0 aromatic heterocycles. The van der Waals surface area contributed by atoms with Crippen molar-refractivity contribution in [1.82, 2.24) is 5.32 Å². The van der Waals surface area contributed by atoms with Crippen LogP contribution in [-0.2, 0) is 10.0 Å². The minimum absolute atomic E-state index is 0.0495. The molecule has 2 aromatic carbocycles. The molecule has 0 bridgehead atoms. The number of rotatable bonds is 6. The molecule has 144 valence electrons. The van der Waals surface area contributed by atoms with E-state index in [1.165, 1.54) is 12.1 Å². The highest BCUT2D eigenvalue weighted by Gasteiger charge is 2.28. The van der Waals surface area contributed by atoms with Gasteiger partial charge < -0.3 is 11.1 Å². The number of hydrogen-bond acceptors (Lipinski definition) is 4. The van der Waals surface area contributed by atoms with E-state index >= 15 is 0 Å². The van der Waals surface area contributed by atoms with Crippen LogP contribution in [0.15, 0.2) is 53.4 Å². The molecule has 2 atom stereocenters. The van der Waals surface area contributed by atoms with Gasteiger partial charge in [-0.25, -0.2) is 8.42 Å². The Hall–Kier alpha value is -2.38. The second kappa shape index (κ2) is 8.10. The number of nitrogens with two attached hydrogens (primary N) is 1. The topological polar surface area (TPSA) is 101 Å². The summed E-state index contributed by atoms with van der Waals surface area (Å²) in [6.45, 7) is 2.47. The van der Waals surface area contributed by atoms with Crippen LogP contribution < -0.4 is 15.8 Å². The Balaban J connectivity index is 1.76. The first-order chi connectivity index (χ1) is 12.9. The van der Waals surface area contributed by atoms with Gasteiger partial charge in [0.25, 0.3) is 15.9 Å². The number of benzene rings is 2. The molecule has 6 nitrogen and oxygen atoms in total. The van der Waals surface area contributed by atoms with Gasteiger partial charge in [-0.2, -0.15) is 0 Å². The fourth-order valence-corrected chi connectivity index (χ4v) is 4.50. The molecule has 0 saturated heterocycles. The van der Waals surface area contributed by atoms with Crippen LogP contribution in [-0.4, -0.2) is 26.9 Å². The van der Waals surface area contributed by atoms with E-state index in [0.29, 0.717) is 17.8 Å². The number of hydrogen-bond donors (Lipinski definition) is 3. The first-order valence-electron chi connectivity index (χ1n) is 9.09. The minimum Gasteiger partial charge on any atom is -0.349 e. The summed E-state index contributed by atoms with van der Waals surface area (Å²) in [5.41, 5.74) is 7.61. The third-order valence-corrected chi connectivity index (χ3v) is 6.37. The van der Waals surface area contributed by atoms with Crippen molar-refractivity contribution in [1.29, 1.82) is 0 Å². The lowest BCUT2D eigenvalue weighted by Gasteiger charge is -2.19. The van der Waals surface area contributed by atoms with Gasteiger partial charge in [-0.1, -0.05) is 30.2 Å². The van der Waals surface area contributed by atoms with Crippen LogP contribution in [0.25, 0.3) is 0 Å². The van der Waals surface area contributed by atoms with Crippen LogP contribution in [0, 0.1) is 12.8 Å². The van der Waals surface area contributed by atoms with Gasteiger partial charge in [0.15, 0.2) is 0 Å². The molecule has 7 heteroatoms. The summed E-state index contributed by atoms with van der Waals surface area (Å²) < 4.78 is 27.8. The van der Waals surface area contributed by atoms with E-state index in [4.69, 9.17) is 5.73 Å². The fourth-order valence-electron chi connectivity index (χ4n) is 3.40. The molecule has 3 rings (SSSR count). The van der Waals surface area contributed by atoms with E-state index in [2.05, 4.69) is 10.0 Å². The Labute approximate surface area is 160 Å². The standard InChI is InChI=1S/C20H25N3O3S/c1-14-8-10-17(11-9-14)23-27(25,26)18-6-2-4-15(12-18)20(24)22-19-7-3-5-16(19)13-21/h2,4,6,8-12,16,19,23H,3,5,7,13,21H2,1H3,(H,22,24). The van der Waals surface area contributed by atoms with E-state index in [1.807, 2.05) is 19.1 Å². The number of carbonyl (C=O) groups excluding carboxylic acids is 1. The monoisotopic (exact) mass is 387 g/mol. The third kappa shape index (κ3) is 4.67. The third-order valence-electron chi connectivity index (χ3n) is 4.99. The number of aryl methyl sites for hydroxylation is 1. The molecule has 1 saturated carbocycles. The molecule has 1 fully saturated rings. The van der Waals surface area contributed by atoms with Gasteiger partial charge >= 0.3 is 0 Å². The molecule has 0 spiro atoms. The van der Waals surface area contributed by atoms with Crippen molar-refractivity contribution < 1.29 is 13.2 Å². The fraction of sp³-hybridized carbons (Fsp3) is 0.350. The quantitative estimate of drug-likeness (QED) is 0.709. The van der Waals surface area contributed by atoms with Crippen molar-refractivity contribution in [3.05, 3.63) is 59.7 Å². The first kappa shape index (κ1) is 19.4. The van der Waals surface area contributed by atoms with Gasteiger partial charge in [0, 0.05) is 17.3 Å². The number of anilines is 1.